The van der Waals surface area contributed by atoms with Crippen molar-refractivity contribution in [2.75, 3.05) is 6.61 Å². The maximum atomic E-state index is 10.6. The molecule has 0 spiro atoms. The zero-order valence-corrected chi connectivity index (χ0v) is 13.2. The fraction of sp³-hybridized carbons (Fsp3) is 0.267. The Morgan fingerprint density at radius 2 is 2.05 bits per heavy atom. The highest BCUT2D eigenvalue weighted by Gasteiger charge is 2.07. The number of carbonyl (C=O) groups excluding carboxylic acids is 1. The van der Waals surface area contributed by atoms with Gasteiger partial charge < -0.3 is 15.8 Å². The van der Waals surface area contributed by atoms with Gasteiger partial charge in [-0.05, 0) is 36.8 Å². The van der Waals surface area contributed by atoms with Gasteiger partial charge in [-0.3, -0.25) is 4.79 Å². The summed E-state index contributed by atoms with van der Waals surface area (Å²) in [6, 6.07) is 11.7. The predicted octanol–water partition coefficient (Wildman–Crippen LogP) is 3.12. The number of primary amides is 1. The number of carbonyl (C=O) groups is 1. The summed E-state index contributed by atoms with van der Waals surface area (Å²) >= 11 is 7.52. The molecule has 0 aliphatic carbocycles. The second kappa shape index (κ2) is 7.45. The van der Waals surface area contributed by atoms with Crippen LogP contribution in [0.15, 0.2) is 36.4 Å². The van der Waals surface area contributed by atoms with Crippen LogP contribution in [0.5, 0.6) is 5.75 Å². The maximum Gasteiger partial charge on any atom is 0.255 e. The van der Waals surface area contributed by atoms with Gasteiger partial charge in [0, 0.05) is 17.5 Å². The molecule has 21 heavy (non-hydrogen) atoms. The van der Waals surface area contributed by atoms with Crippen LogP contribution in [-0.2, 0) is 11.3 Å². The molecule has 1 heterocycles. The molecule has 3 N–H and O–H groups in total. The normalized spacial score (nSPS) is 12.1. The van der Waals surface area contributed by atoms with Gasteiger partial charge >= 0.3 is 0 Å². The second-order valence-electron chi connectivity index (χ2n) is 4.64. The molecule has 0 aliphatic heterocycles. The predicted molar refractivity (Wildman–Crippen MR) is 85.7 cm³/mol. The van der Waals surface area contributed by atoms with E-state index < -0.39 is 5.91 Å². The minimum absolute atomic E-state index is 0.103. The van der Waals surface area contributed by atoms with E-state index in [9.17, 15) is 4.79 Å². The van der Waals surface area contributed by atoms with Gasteiger partial charge in [-0.1, -0.05) is 23.7 Å². The van der Waals surface area contributed by atoms with Crippen molar-refractivity contribution in [3.05, 3.63) is 51.2 Å². The summed E-state index contributed by atoms with van der Waals surface area (Å²) in [4.78, 5) is 11.8. The van der Waals surface area contributed by atoms with Gasteiger partial charge in [-0.2, -0.15) is 0 Å². The molecule has 112 valence electrons. The molecule has 0 saturated heterocycles. The molecule has 0 aliphatic rings. The first-order valence-corrected chi connectivity index (χ1v) is 7.72. The molecule has 0 saturated carbocycles. The smallest absolute Gasteiger partial charge is 0.255 e. The van der Waals surface area contributed by atoms with Crippen LogP contribution >= 0.6 is 22.9 Å². The minimum Gasteiger partial charge on any atom is -0.484 e. The molecule has 2 rings (SSSR count). The number of hydrogen-bond donors (Lipinski definition) is 2. The van der Waals surface area contributed by atoms with E-state index in [1.165, 1.54) is 4.88 Å². The standard InChI is InChI=1S/C15H17ClN2O2S/c1-10(13-6-7-14(16)21-13)18-8-11-2-4-12(5-3-11)20-9-15(17)19/h2-7,10,18H,8-9H2,1H3,(H2,17,19). The SMILES string of the molecule is CC(NCc1ccc(OCC(N)=O)cc1)c1ccc(Cl)s1. The average Bonchev–Trinajstić information content (AvgIpc) is 2.90. The van der Waals surface area contributed by atoms with Gasteiger partial charge in [-0.15, -0.1) is 11.3 Å². The third-order valence-corrected chi connectivity index (χ3v) is 4.35. The van der Waals surface area contributed by atoms with Gasteiger partial charge in [0.1, 0.15) is 5.75 Å². The van der Waals surface area contributed by atoms with E-state index in [1.54, 1.807) is 11.3 Å². The number of nitrogens with two attached hydrogens (primary N) is 1. The topological polar surface area (TPSA) is 64.3 Å². The van der Waals surface area contributed by atoms with Crippen molar-refractivity contribution in [1.29, 1.82) is 0 Å². The molecular formula is C15H17ClN2O2S. The Hall–Kier alpha value is -1.56. The van der Waals surface area contributed by atoms with E-state index in [0.717, 1.165) is 16.4 Å². The molecular weight excluding hydrogens is 308 g/mol. The molecule has 1 unspecified atom stereocenters. The summed E-state index contributed by atoms with van der Waals surface area (Å²) in [5.41, 5.74) is 6.16. The van der Waals surface area contributed by atoms with Crippen molar-refractivity contribution in [2.24, 2.45) is 5.73 Å². The minimum atomic E-state index is -0.482. The quantitative estimate of drug-likeness (QED) is 0.822. The summed E-state index contributed by atoms with van der Waals surface area (Å²) in [6.45, 7) is 2.74. The van der Waals surface area contributed by atoms with Crippen molar-refractivity contribution in [2.45, 2.75) is 19.5 Å². The van der Waals surface area contributed by atoms with Crippen LogP contribution in [0.3, 0.4) is 0 Å². The third-order valence-electron chi connectivity index (χ3n) is 2.94. The lowest BCUT2D eigenvalue weighted by molar-refractivity contribution is -0.119. The van der Waals surface area contributed by atoms with E-state index in [1.807, 2.05) is 36.4 Å². The van der Waals surface area contributed by atoms with Crippen molar-refractivity contribution < 1.29 is 9.53 Å². The van der Waals surface area contributed by atoms with Crippen molar-refractivity contribution in [3.63, 3.8) is 0 Å². The average molecular weight is 325 g/mol. The Bertz CT molecular complexity index is 598. The zero-order valence-electron chi connectivity index (χ0n) is 11.6. The highest BCUT2D eigenvalue weighted by atomic mass is 35.5. The van der Waals surface area contributed by atoms with E-state index in [-0.39, 0.29) is 12.6 Å². The van der Waals surface area contributed by atoms with Crippen molar-refractivity contribution in [1.82, 2.24) is 5.32 Å². The molecule has 0 fully saturated rings. The van der Waals surface area contributed by atoms with Crippen molar-refractivity contribution >= 4 is 28.8 Å². The molecule has 1 aromatic heterocycles. The summed E-state index contributed by atoms with van der Waals surface area (Å²) in [6.07, 6.45) is 0. The van der Waals surface area contributed by atoms with Gasteiger partial charge in [0.25, 0.3) is 5.91 Å². The lowest BCUT2D eigenvalue weighted by Crippen LogP contribution is -2.20. The zero-order chi connectivity index (χ0) is 15.2. The van der Waals surface area contributed by atoms with E-state index >= 15 is 0 Å². The fourth-order valence-electron chi connectivity index (χ4n) is 1.79. The Morgan fingerprint density at radius 1 is 1.33 bits per heavy atom. The van der Waals surface area contributed by atoms with Gasteiger partial charge in [0.15, 0.2) is 6.61 Å². The lowest BCUT2D eigenvalue weighted by atomic mass is 10.2. The van der Waals surface area contributed by atoms with Gasteiger partial charge in [0.05, 0.1) is 4.34 Å². The number of hydrogen-bond acceptors (Lipinski definition) is 4. The Kier molecular flexibility index (Phi) is 5.61. The van der Waals surface area contributed by atoms with E-state index in [2.05, 4.69) is 12.2 Å². The number of amides is 1. The fourth-order valence-corrected chi connectivity index (χ4v) is 2.88. The van der Waals surface area contributed by atoms with Gasteiger partial charge in [-0.25, -0.2) is 0 Å². The van der Waals surface area contributed by atoms with Crippen LogP contribution in [-0.4, -0.2) is 12.5 Å². The van der Waals surface area contributed by atoms with Gasteiger partial charge in [0.2, 0.25) is 0 Å². The lowest BCUT2D eigenvalue weighted by Gasteiger charge is -2.12. The second-order valence-corrected chi connectivity index (χ2v) is 6.39. The molecule has 1 amide bonds. The number of benzene rings is 1. The summed E-state index contributed by atoms with van der Waals surface area (Å²) in [5, 5.41) is 3.44. The molecule has 0 bridgehead atoms. The first kappa shape index (κ1) is 15.8. The van der Waals surface area contributed by atoms with Crippen LogP contribution < -0.4 is 15.8 Å². The molecule has 1 aromatic carbocycles. The number of nitrogens with one attached hydrogen (secondary N) is 1. The number of rotatable bonds is 7. The van der Waals surface area contributed by atoms with Crippen molar-refractivity contribution in [3.8, 4) is 5.75 Å². The van der Waals surface area contributed by atoms with Crippen LogP contribution in [0.4, 0.5) is 0 Å². The summed E-state index contributed by atoms with van der Waals surface area (Å²) in [7, 11) is 0. The van der Waals surface area contributed by atoms with E-state index in [0.29, 0.717) is 5.75 Å². The Labute approximate surface area is 132 Å². The highest BCUT2D eigenvalue weighted by molar-refractivity contribution is 7.16. The van der Waals surface area contributed by atoms with Crippen LogP contribution in [0.25, 0.3) is 0 Å². The highest BCUT2D eigenvalue weighted by Crippen LogP contribution is 2.26. The van der Waals surface area contributed by atoms with E-state index in [4.69, 9.17) is 22.1 Å². The monoisotopic (exact) mass is 324 g/mol. The molecule has 6 heteroatoms. The largest absolute Gasteiger partial charge is 0.484 e. The Morgan fingerprint density at radius 3 is 2.62 bits per heavy atom. The summed E-state index contributed by atoms with van der Waals surface area (Å²) in [5.74, 6) is 0.153. The molecule has 1 atom stereocenters. The van der Waals surface area contributed by atoms with Crippen LogP contribution in [0.1, 0.15) is 23.4 Å². The maximum absolute atomic E-state index is 10.6. The number of halogens is 1. The molecule has 0 radical (unpaired) electrons. The molecule has 4 nitrogen and oxygen atoms in total. The summed E-state index contributed by atoms with van der Waals surface area (Å²) < 4.78 is 6.01. The first-order chi connectivity index (χ1) is 10.0. The molecule has 2 aromatic rings. The number of ether oxygens (including phenoxy) is 1. The third kappa shape index (κ3) is 5.04. The number of thiophene rings is 1. The Balaban J connectivity index is 1.84. The van der Waals surface area contributed by atoms with Crippen LogP contribution in [0, 0.1) is 0 Å². The van der Waals surface area contributed by atoms with Crippen LogP contribution in [0.2, 0.25) is 4.34 Å². The first-order valence-electron chi connectivity index (χ1n) is 6.53.